The van der Waals surface area contributed by atoms with Gasteiger partial charge >= 0.3 is 6.09 Å². The molecule has 0 unspecified atom stereocenters. The molecule has 15 heavy (non-hydrogen) atoms. The minimum absolute atomic E-state index is 0.391. The second kappa shape index (κ2) is 5.56. The first-order valence-electron chi connectivity index (χ1n) is 4.41. The number of methoxy groups -OCH3 is 1. The number of carbonyl (C=O) groups excluding carboxylic acids is 1. The van der Waals surface area contributed by atoms with Crippen molar-refractivity contribution in [2.45, 2.75) is 0 Å². The quantitative estimate of drug-likeness (QED) is 0.789. The van der Waals surface area contributed by atoms with Crippen molar-refractivity contribution in [1.82, 2.24) is 0 Å². The topological polar surface area (TPSA) is 29.5 Å². The monoisotopic (exact) mass is 269 g/mol. The number of halogens is 1. The van der Waals surface area contributed by atoms with E-state index in [4.69, 9.17) is 0 Å². The summed E-state index contributed by atoms with van der Waals surface area (Å²) in [7, 11) is 1.36. The Morgan fingerprint density at radius 3 is 2.60 bits per heavy atom. The highest BCUT2D eigenvalue weighted by Crippen LogP contribution is 2.18. The molecule has 0 fully saturated rings. The zero-order chi connectivity index (χ0) is 11.3. The highest BCUT2D eigenvalue weighted by molar-refractivity contribution is 9.10. The summed E-state index contributed by atoms with van der Waals surface area (Å²) in [5.74, 6) is 0. The first-order chi connectivity index (χ1) is 7.19. The van der Waals surface area contributed by atoms with Gasteiger partial charge in [-0.2, -0.15) is 0 Å². The van der Waals surface area contributed by atoms with Crippen molar-refractivity contribution in [2.75, 3.05) is 18.6 Å². The van der Waals surface area contributed by atoms with Gasteiger partial charge in [0.1, 0.15) is 0 Å². The molecule has 0 bridgehead atoms. The fraction of sp³-hybridized carbons (Fsp3) is 0.182. The molecule has 80 valence electrons. The average molecular weight is 270 g/mol. The number of benzene rings is 1. The normalized spacial score (nSPS) is 9.47. The minimum Gasteiger partial charge on any atom is -0.452 e. The predicted octanol–water partition coefficient (Wildman–Crippen LogP) is 3.21. The van der Waals surface area contributed by atoms with Gasteiger partial charge in [0.2, 0.25) is 0 Å². The SMILES string of the molecule is C=CCN(C(=O)OC)c1ccc(Br)cc1. The lowest BCUT2D eigenvalue weighted by atomic mass is 10.3. The molecule has 1 aromatic carbocycles. The third kappa shape index (κ3) is 3.09. The summed E-state index contributed by atoms with van der Waals surface area (Å²) >= 11 is 3.33. The van der Waals surface area contributed by atoms with Crippen LogP contribution in [0.2, 0.25) is 0 Å². The van der Waals surface area contributed by atoms with Gasteiger partial charge in [-0.25, -0.2) is 4.79 Å². The van der Waals surface area contributed by atoms with Crippen molar-refractivity contribution in [3.8, 4) is 0 Å². The lowest BCUT2D eigenvalue weighted by Crippen LogP contribution is -2.30. The standard InChI is InChI=1S/C11H12BrNO2/c1-3-8-13(11(14)15-2)10-6-4-9(12)5-7-10/h3-7H,1,8H2,2H3. The summed E-state index contributed by atoms with van der Waals surface area (Å²) in [6, 6.07) is 7.41. The van der Waals surface area contributed by atoms with Crippen molar-refractivity contribution >= 4 is 27.7 Å². The molecular weight excluding hydrogens is 258 g/mol. The Kier molecular flexibility index (Phi) is 4.37. The number of ether oxygens (including phenoxy) is 1. The van der Waals surface area contributed by atoms with Gasteiger partial charge in [-0.3, -0.25) is 4.90 Å². The minimum atomic E-state index is -0.391. The fourth-order valence-electron chi connectivity index (χ4n) is 1.15. The van der Waals surface area contributed by atoms with Crippen LogP contribution in [0, 0.1) is 0 Å². The van der Waals surface area contributed by atoms with Gasteiger partial charge in [-0.1, -0.05) is 22.0 Å². The van der Waals surface area contributed by atoms with E-state index >= 15 is 0 Å². The van der Waals surface area contributed by atoms with E-state index in [-0.39, 0.29) is 0 Å². The first-order valence-corrected chi connectivity index (χ1v) is 5.20. The number of hydrogen-bond acceptors (Lipinski definition) is 2. The van der Waals surface area contributed by atoms with E-state index in [2.05, 4.69) is 27.2 Å². The van der Waals surface area contributed by atoms with E-state index in [0.29, 0.717) is 6.54 Å². The fourth-order valence-corrected chi connectivity index (χ4v) is 1.41. The highest BCUT2D eigenvalue weighted by Gasteiger charge is 2.13. The Labute approximate surface area is 97.5 Å². The second-order valence-corrected chi connectivity index (χ2v) is 3.76. The zero-order valence-electron chi connectivity index (χ0n) is 8.44. The molecule has 0 aliphatic heterocycles. The lowest BCUT2D eigenvalue weighted by Gasteiger charge is -2.19. The van der Waals surface area contributed by atoms with Crippen LogP contribution in [0.25, 0.3) is 0 Å². The van der Waals surface area contributed by atoms with Crippen molar-refractivity contribution in [3.05, 3.63) is 41.4 Å². The van der Waals surface area contributed by atoms with Gasteiger partial charge in [-0.15, -0.1) is 6.58 Å². The van der Waals surface area contributed by atoms with Crippen LogP contribution in [0.15, 0.2) is 41.4 Å². The van der Waals surface area contributed by atoms with Crippen LogP contribution in [0.4, 0.5) is 10.5 Å². The van der Waals surface area contributed by atoms with Gasteiger partial charge in [0.25, 0.3) is 0 Å². The van der Waals surface area contributed by atoms with Crippen LogP contribution in [-0.4, -0.2) is 19.7 Å². The van der Waals surface area contributed by atoms with Gasteiger partial charge in [0.15, 0.2) is 0 Å². The molecule has 0 atom stereocenters. The maximum atomic E-state index is 11.4. The Balaban J connectivity index is 2.93. The summed E-state index contributed by atoms with van der Waals surface area (Å²) in [5.41, 5.74) is 0.782. The zero-order valence-corrected chi connectivity index (χ0v) is 10.0. The van der Waals surface area contributed by atoms with E-state index in [1.54, 1.807) is 6.08 Å². The maximum Gasteiger partial charge on any atom is 0.414 e. The van der Waals surface area contributed by atoms with Crippen molar-refractivity contribution < 1.29 is 9.53 Å². The summed E-state index contributed by atoms with van der Waals surface area (Å²) < 4.78 is 5.64. The number of hydrogen-bond donors (Lipinski definition) is 0. The number of amides is 1. The van der Waals surface area contributed by atoms with Gasteiger partial charge in [0.05, 0.1) is 7.11 Å². The molecule has 0 aromatic heterocycles. The first kappa shape index (κ1) is 11.8. The molecule has 4 heteroatoms. The third-order valence-electron chi connectivity index (χ3n) is 1.84. The molecule has 0 heterocycles. The highest BCUT2D eigenvalue weighted by atomic mass is 79.9. The van der Waals surface area contributed by atoms with E-state index in [9.17, 15) is 4.79 Å². The molecule has 1 amide bonds. The molecule has 0 saturated carbocycles. The third-order valence-corrected chi connectivity index (χ3v) is 2.37. The number of rotatable bonds is 3. The lowest BCUT2D eigenvalue weighted by molar-refractivity contribution is 0.179. The van der Waals surface area contributed by atoms with E-state index in [0.717, 1.165) is 10.2 Å². The second-order valence-electron chi connectivity index (χ2n) is 2.85. The van der Waals surface area contributed by atoms with Crippen molar-refractivity contribution in [2.24, 2.45) is 0 Å². The van der Waals surface area contributed by atoms with Gasteiger partial charge in [0, 0.05) is 16.7 Å². The van der Waals surface area contributed by atoms with E-state index in [1.165, 1.54) is 12.0 Å². The Morgan fingerprint density at radius 1 is 1.53 bits per heavy atom. The van der Waals surface area contributed by atoms with Gasteiger partial charge in [-0.05, 0) is 24.3 Å². The van der Waals surface area contributed by atoms with Crippen LogP contribution in [0.1, 0.15) is 0 Å². The van der Waals surface area contributed by atoms with E-state index in [1.807, 2.05) is 24.3 Å². The van der Waals surface area contributed by atoms with Crippen LogP contribution in [0.5, 0.6) is 0 Å². The maximum absolute atomic E-state index is 11.4. The van der Waals surface area contributed by atoms with Gasteiger partial charge < -0.3 is 4.74 Å². The number of nitrogens with zero attached hydrogens (tertiary/aromatic N) is 1. The molecule has 0 N–H and O–H groups in total. The van der Waals surface area contributed by atoms with Crippen molar-refractivity contribution in [1.29, 1.82) is 0 Å². The van der Waals surface area contributed by atoms with Crippen LogP contribution < -0.4 is 4.90 Å². The Bertz CT molecular complexity index is 348. The molecule has 1 rings (SSSR count). The molecule has 0 saturated heterocycles. The summed E-state index contributed by atoms with van der Waals surface area (Å²) in [4.78, 5) is 12.9. The van der Waals surface area contributed by atoms with Crippen molar-refractivity contribution in [3.63, 3.8) is 0 Å². The van der Waals surface area contributed by atoms with Crippen LogP contribution in [-0.2, 0) is 4.74 Å². The predicted molar refractivity (Wildman–Crippen MR) is 64.1 cm³/mol. The molecule has 0 aliphatic rings. The van der Waals surface area contributed by atoms with Crippen LogP contribution >= 0.6 is 15.9 Å². The molecule has 3 nitrogen and oxygen atoms in total. The number of carbonyl (C=O) groups is 1. The molecule has 0 spiro atoms. The summed E-state index contributed by atoms with van der Waals surface area (Å²) in [5, 5.41) is 0. The van der Waals surface area contributed by atoms with E-state index < -0.39 is 6.09 Å². The molecule has 1 aromatic rings. The molecular formula is C11H12BrNO2. The Morgan fingerprint density at radius 2 is 2.13 bits per heavy atom. The Hall–Kier alpha value is -1.29. The number of anilines is 1. The summed E-state index contributed by atoms with van der Waals surface area (Å²) in [6.07, 6.45) is 1.26. The smallest absolute Gasteiger partial charge is 0.414 e. The largest absolute Gasteiger partial charge is 0.452 e. The molecule has 0 aliphatic carbocycles. The average Bonchev–Trinajstić information content (AvgIpc) is 2.26. The van der Waals surface area contributed by atoms with Crippen LogP contribution in [0.3, 0.4) is 0 Å². The molecule has 0 radical (unpaired) electrons. The summed E-state index contributed by atoms with van der Waals surface area (Å²) in [6.45, 7) is 4.03.